The maximum atomic E-state index is 13.5. The van der Waals surface area contributed by atoms with E-state index in [0.29, 0.717) is 18.0 Å². The number of carbonyl (C=O) groups is 2. The normalized spacial score (nSPS) is 13.9. The fourth-order valence-corrected chi connectivity index (χ4v) is 5.27. The Morgan fingerprint density at radius 1 is 0.974 bits per heavy atom. The summed E-state index contributed by atoms with van der Waals surface area (Å²) in [6.07, 6.45) is 9.74. The molecule has 0 saturated heterocycles. The second-order valence-corrected chi connectivity index (χ2v) is 10.4. The number of halogens is 1. The van der Waals surface area contributed by atoms with Gasteiger partial charge in [0, 0.05) is 21.8 Å². The summed E-state index contributed by atoms with van der Waals surface area (Å²) >= 11 is 3.54. The third kappa shape index (κ3) is 6.86. The molecule has 8 nitrogen and oxygen atoms in total. The first-order valence-electron chi connectivity index (χ1n) is 13.0. The second-order valence-electron chi connectivity index (χ2n) is 9.59. The highest BCUT2D eigenvalue weighted by Gasteiger charge is 2.18. The largest absolute Gasteiger partial charge is 0.304 e. The van der Waals surface area contributed by atoms with Crippen molar-refractivity contribution < 1.29 is 9.59 Å². The number of nitrogens with one attached hydrogen (secondary N) is 2. The van der Waals surface area contributed by atoms with Crippen LogP contribution in [0.25, 0.3) is 6.08 Å². The predicted octanol–water partition coefficient (Wildman–Crippen LogP) is 6.51. The molecule has 0 radical (unpaired) electrons. The third-order valence-corrected chi connectivity index (χ3v) is 7.71. The molecule has 1 aromatic heterocycles. The van der Waals surface area contributed by atoms with E-state index in [-0.39, 0.29) is 17.8 Å². The Kier molecular flexibility index (Phi) is 8.58. The van der Waals surface area contributed by atoms with Crippen LogP contribution in [0.2, 0.25) is 0 Å². The average molecular weight is 586 g/mol. The molecular weight excluding hydrogens is 556 g/mol. The predicted molar refractivity (Wildman–Crippen MR) is 155 cm³/mol. The Morgan fingerprint density at radius 2 is 1.72 bits per heavy atom. The van der Waals surface area contributed by atoms with Gasteiger partial charge in [-0.25, -0.2) is 0 Å². The highest BCUT2D eigenvalue weighted by atomic mass is 79.9. The number of H-pyrrole nitrogens is 1. The van der Waals surface area contributed by atoms with Crippen molar-refractivity contribution in [3.63, 3.8) is 0 Å². The maximum absolute atomic E-state index is 13.5. The molecule has 0 aliphatic heterocycles. The first-order chi connectivity index (χ1) is 19.1. The number of aromatic nitrogens is 4. The van der Waals surface area contributed by atoms with Gasteiger partial charge in [-0.05, 0) is 77.1 Å². The number of amides is 2. The van der Waals surface area contributed by atoms with Gasteiger partial charge in [0.2, 0.25) is 0 Å². The Labute approximate surface area is 235 Å². The number of nitrogens with zero attached hydrogens (tertiary/aromatic N) is 4. The number of aromatic amines is 1. The topological polar surface area (TPSA) is 104 Å². The molecular formula is C30H29BrN6O2. The molecule has 1 aliphatic rings. The molecule has 0 atom stereocenters. The Morgan fingerprint density at radius 3 is 2.41 bits per heavy atom. The zero-order chi connectivity index (χ0) is 27.0. The summed E-state index contributed by atoms with van der Waals surface area (Å²) < 4.78 is 0.923. The minimum atomic E-state index is -0.342. The van der Waals surface area contributed by atoms with Gasteiger partial charge in [0.1, 0.15) is 0 Å². The summed E-state index contributed by atoms with van der Waals surface area (Å²) in [6.45, 7) is 0.356. The van der Waals surface area contributed by atoms with E-state index in [1.807, 2.05) is 54.6 Å². The summed E-state index contributed by atoms with van der Waals surface area (Å²) in [6, 6.07) is 23.3. The standard InChI is InChI=1S/C30H29BrN6O2/c31-27-9-5-4-8-24(27)16-19-28(38)37(26-17-14-23(15-18-26)22-6-2-1-3-7-22)20-21-10-12-25(13-11-21)29(39)32-30-33-35-36-34-30/h4-5,8-19,22H,1-3,6-7,20H2,(H2,32,33,34,35,36,39). The van der Waals surface area contributed by atoms with Crippen LogP contribution in [0.4, 0.5) is 11.6 Å². The van der Waals surface area contributed by atoms with E-state index in [9.17, 15) is 9.59 Å². The highest BCUT2D eigenvalue weighted by molar-refractivity contribution is 9.10. The van der Waals surface area contributed by atoms with Crippen molar-refractivity contribution in [2.24, 2.45) is 0 Å². The lowest BCUT2D eigenvalue weighted by Crippen LogP contribution is -2.28. The number of anilines is 2. The average Bonchev–Trinajstić information content (AvgIpc) is 3.49. The van der Waals surface area contributed by atoms with Gasteiger partial charge in [-0.15, -0.1) is 5.10 Å². The molecule has 1 saturated carbocycles. The molecule has 4 aromatic rings. The molecule has 2 amide bonds. The van der Waals surface area contributed by atoms with Gasteiger partial charge in [-0.3, -0.25) is 14.9 Å². The summed E-state index contributed by atoms with van der Waals surface area (Å²) in [7, 11) is 0. The summed E-state index contributed by atoms with van der Waals surface area (Å²) in [5.74, 6) is 0.230. The van der Waals surface area contributed by atoms with Gasteiger partial charge >= 0.3 is 0 Å². The van der Waals surface area contributed by atoms with Crippen LogP contribution in [0.1, 0.15) is 65.1 Å². The van der Waals surface area contributed by atoms with Crippen LogP contribution < -0.4 is 10.2 Å². The van der Waals surface area contributed by atoms with Crippen LogP contribution in [0.15, 0.2) is 83.3 Å². The quantitative estimate of drug-likeness (QED) is 0.230. The van der Waals surface area contributed by atoms with Crippen LogP contribution in [0.3, 0.4) is 0 Å². The van der Waals surface area contributed by atoms with E-state index in [4.69, 9.17) is 0 Å². The molecule has 9 heteroatoms. The summed E-state index contributed by atoms with van der Waals surface area (Å²) in [5, 5.41) is 15.8. The van der Waals surface area contributed by atoms with E-state index in [1.165, 1.54) is 37.7 Å². The number of carbonyl (C=O) groups excluding carboxylic acids is 2. The highest BCUT2D eigenvalue weighted by Crippen LogP contribution is 2.33. The van der Waals surface area contributed by atoms with Gasteiger partial charge in [0.15, 0.2) is 0 Å². The first-order valence-corrected chi connectivity index (χ1v) is 13.8. The first kappa shape index (κ1) is 26.5. The number of rotatable bonds is 8. The van der Waals surface area contributed by atoms with Crippen LogP contribution in [0, 0.1) is 0 Å². The van der Waals surface area contributed by atoms with Gasteiger partial charge in [-0.1, -0.05) is 82.8 Å². The monoisotopic (exact) mass is 584 g/mol. The molecule has 3 aromatic carbocycles. The molecule has 198 valence electrons. The zero-order valence-electron chi connectivity index (χ0n) is 21.4. The van der Waals surface area contributed by atoms with Crippen LogP contribution in [-0.4, -0.2) is 32.4 Å². The molecule has 39 heavy (non-hydrogen) atoms. The fraction of sp³-hybridized carbons (Fsp3) is 0.233. The molecule has 1 fully saturated rings. The lowest BCUT2D eigenvalue weighted by molar-refractivity contribution is -0.114. The van der Waals surface area contributed by atoms with E-state index >= 15 is 0 Å². The third-order valence-electron chi connectivity index (χ3n) is 6.99. The number of tetrazole rings is 1. The van der Waals surface area contributed by atoms with Crippen molar-refractivity contribution in [1.29, 1.82) is 0 Å². The summed E-state index contributed by atoms with van der Waals surface area (Å²) in [4.78, 5) is 27.7. The van der Waals surface area contributed by atoms with E-state index in [1.54, 1.807) is 23.1 Å². The Hall–Kier alpha value is -4.11. The molecule has 1 heterocycles. The lowest BCUT2D eigenvalue weighted by atomic mass is 9.84. The molecule has 0 spiro atoms. The van der Waals surface area contributed by atoms with Gasteiger partial charge in [0.25, 0.3) is 17.8 Å². The zero-order valence-corrected chi connectivity index (χ0v) is 23.0. The molecule has 1 aliphatic carbocycles. The van der Waals surface area contributed by atoms with E-state index in [2.05, 4.69) is 54.0 Å². The van der Waals surface area contributed by atoms with Crippen LogP contribution >= 0.6 is 15.9 Å². The maximum Gasteiger partial charge on any atom is 0.270 e. The number of hydrogen-bond acceptors (Lipinski definition) is 5. The van der Waals surface area contributed by atoms with Crippen LogP contribution in [0.5, 0.6) is 0 Å². The van der Waals surface area contributed by atoms with E-state index in [0.717, 1.165) is 21.3 Å². The SMILES string of the molecule is O=C(Nc1nn[nH]n1)c1ccc(CN(C(=O)C=Cc2ccccc2Br)c2ccc(C3CCCCC3)cc2)cc1. The van der Waals surface area contributed by atoms with Crippen molar-refractivity contribution >= 4 is 45.5 Å². The smallest absolute Gasteiger partial charge is 0.270 e. The minimum absolute atomic E-state index is 0.106. The lowest BCUT2D eigenvalue weighted by Gasteiger charge is -2.25. The Balaban J connectivity index is 1.36. The molecule has 0 unspecified atom stereocenters. The second kappa shape index (κ2) is 12.6. The molecule has 0 bridgehead atoms. The van der Waals surface area contributed by atoms with Crippen molar-refractivity contribution in [2.75, 3.05) is 10.2 Å². The molecule has 5 rings (SSSR count). The van der Waals surface area contributed by atoms with Crippen molar-refractivity contribution in [2.45, 2.75) is 44.6 Å². The van der Waals surface area contributed by atoms with Gasteiger partial charge in [-0.2, -0.15) is 5.21 Å². The van der Waals surface area contributed by atoms with Crippen LogP contribution in [-0.2, 0) is 11.3 Å². The summed E-state index contributed by atoms with van der Waals surface area (Å²) in [5.41, 5.74) is 4.44. The number of benzene rings is 3. The van der Waals surface area contributed by atoms with Crippen molar-refractivity contribution in [3.8, 4) is 0 Å². The number of hydrogen-bond donors (Lipinski definition) is 2. The van der Waals surface area contributed by atoms with Crippen molar-refractivity contribution in [1.82, 2.24) is 20.6 Å². The van der Waals surface area contributed by atoms with E-state index < -0.39 is 0 Å². The minimum Gasteiger partial charge on any atom is -0.304 e. The van der Waals surface area contributed by atoms with Crippen molar-refractivity contribution in [3.05, 3.63) is 106 Å². The van der Waals surface area contributed by atoms with Gasteiger partial charge in [0.05, 0.1) is 6.54 Å². The van der Waals surface area contributed by atoms with Gasteiger partial charge < -0.3 is 4.90 Å². The Bertz CT molecular complexity index is 1430. The molecule has 2 N–H and O–H groups in total. The fourth-order valence-electron chi connectivity index (χ4n) is 4.85.